The van der Waals surface area contributed by atoms with Gasteiger partial charge in [0.2, 0.25) is 0 Å². The van der Waals surface area contributed by atoms with Crippen LogP contribution in [-0.4, -0.2) is 11.7 Å². The lowest BCUT2D eigenvalue weighted by molar-refractivity contribution is 0.113. The monoisotopic (exact) mass is 180 g/mol. The van der Waals surface area contributed by atoms with Crippen LogP contribution >= 0.6 is 0 Å². The van der Waals surface area contributed by atoms with E-state index >= 15 is 0 Å². The molecule has 1 heterocycles. The Kier molecular flexibility index (Phi) is 2.16. The summed E-state index contributed by atoms with van der Waals surface area (Å²) in [6.45, 7) is 2.41. The van der Waals surface area contributed by atoms with E-state index in [1.165, 1.54) is 12.8 Å². The van der Waals surface area contributed by atoms with Gasteiger partial charge in [-0.3, -0.25) is 0 Å². The zero-order valence-corrected chi connectivity index (χ0v) is 7.99. The Hall–Kier alpha value is -0.760. The van der Waals surface area contributed by atoms with Crippen molar-refractivity contribution in [3.8, 4) is 0 Å². The van der Waals surface area contributed by atoms with Crippen LogP contribution in [0.15, 0.2) is 22.8 Å². The third kappa shape index (κ3) is 1.78. The molecule has 0 bridgehead atoms. The fourth-order valence-electron chi connectivity index (χ4n) is 1.92. The molecule has 1 aliphatic rings. The van der Waals surface area contributed by atoms with Crippen molar-refractivity contribution in [3.05, 3.63) is 24.2 Å². The second-order valence-electron chi connectivity index (χ2n) is 4.34. The van der Waals surface area contributed by atoms with Gasteiger partial charge in [0.15, 0.2) is 0 Å². The highest BCUT2D eigenvalue weighted by atomic mass is 16.3. The molecule has 1 aromatic rings. The summed E-state index contributed by atoms with van der Waals surface area (Å²) in [6, 6.07) is 3.89. The predicted octanol–water partition coefficient (Wildman–Crippen LogP) is 2.23. The molecule has 0 radical (unpaired) electrons. The van der Waals surface area contributed by atoms with E-state index in [1.54, 1.807) is 6.26 Å². The lowest BCUT2D eigenvalue weighted by Crippen LogP contribution is -2.26. The van der Waals surface area contributed by atoms with Gasteiger partial charge in [-0.15, -0.1) is 0 Å². The van der Waals surface area contributed by atoms with E-state index in [-0.39, 0.29) is 12.0 Å². The molecule has 1 aliphatic carbocycles. The van der Waals surface area contributed by atoms with Gasteiger partial charge in [-0.05, 0) is 30.9 Å². The smallest absolute Gasteiger partial charge is 0.104 e. The van der Waals surface area contributed by atoms with Crippen molar-refractivity contribution in [3.63, 3.8) is 0 Å². The largest absolute Gasteiger partial charge is 0.469 e. The quantitative estimate of drug-likeness (QED) is 0.770. The first-order chi connectivity index (χ1) is 6.24. The SMILES string of the molecule is CC(CO)(Cc1ccco1)C1CC1. The maximum atomic E-state index is 9.35. The highest BCUT2D eigenvalue weighted by molar-refractivity contribution is 5.04. The van der Waals surface area contributed by atoms with E-state index in [0.717, 1.165) is 12.2 Å². The average Bonchev–Trinajstić information content (AvgIpc) is 2.88. The van der Waals surface area contributed by atoms with Gasteiger partial charge in [-0.2, -0.15) is 0 Å². The molecule has 1 aromatic heterocycles. The van der Waals surface area contributed by atoms with Crippen LogP contribution in [0.5, 0.6) is 0 Å². The number of hydrogen-bond acceptors (Lipinski definition) is 2. The Bertz CT molecular complexity index is 262. The normalized spacial score (nSPS) is 21.4. The fourth-order valence-corrected chi connectivity index (χ4v) is 1.92. The lowest BCUT2D eigenvalue weighted by atomic mass is 9.81. The van der Waals surface area contributed by atoms with E-state index in [4.69, 9.17) is 4.42 Å². The van der Waals surface area contributed by atoms with E-state index < -0.39 is 0 Å². The molecule has 2 nitrogen and oxygen atoms in total. The van der Waals surface area contributed by atoms with Crippen molar-refractivity contribution >= 4 is 0 Å². The van der Waals surface area contributed by atoms with Gasteiger partial charge in [-0.1, -0.05) is 6.92 Å². The summed E-state index contributed by atoms with van der Waals surface area (Å²) >= 11 is 0. The minimum absolute atomic E-state index is 0.0395. The van der Waals surface area contributed by atoms with Gasteiger partial charge >= 0.3 is 0 Å². The number of aliphatic hydroxyl groups excluding tert-OH is 1. The third-order valence-electron chi connectivity index (χ3n) is 3.08. The Balaban J connectivity index is 2.05. The van der Waals surface area contributed by atoms with Crippen molar-refractivity contribution < 1.29 is 9.52 Å². The van der Waals surface area contributed by atoms with Gasteiger partial charge in [0, 0.05) is 18.4 Å². The van der Waals surface area contributed by atoms with Gasteiger partial charge in [0.1, 0.15) is 5.76 Å². The minimum Gasteiger partial charge on any atom is -0.469 e. The average molecular weight is 180 g/mol. The minimum atomic E-state index is 0.0395. The highest BCUT2D eigenvalue weighted by Gasteiger charge is 2.41. The van der Waals surface area contributed by atoms with Gasteiger partial charge < -0.3 is 9.52 Å². The van der Waals surface area contributed by atoms with Crippen molar-refractivity contribution in [1.29, 1.82) is 0 Å². The molecule has 0 aliphatic heterocycles. The molecule has 1 saturated carbocycles. The van der Waals surface area contributed by atoms with E-state index in [0.29, 0.717) is 5.92 Å². The zero-order valence-electron chi connectivity index (χ0n) is 7.99. The van der Waals surface area contributed by atoms with Crippen molar-refractivity contribution in [2.24, 2.45) is 11.3 Å². The Morgan fingerprint density at radius 3 is 2.85 bits per heavy atom. The maximum absolute atomic E-state index is 9.35. The first-order valence-electron chi connectivity index (χ1n) is 4.88. The molecule has 0 spiro atoms. The van der Waals surface area contributed by atoms with E-state index in [9.17, 15) is 5.11 Å². The molecular formula is C11H16O2. The van der Waals surface area contributed by atoms with E-state index in [2.05, 4.69) is 6.92 Å². The molecule has 1 atom stereocenters. The molecule has 0 amide bonds. The molecule has 0 aromatic carbocycles. The van der Waals surface area contributed by atoms with Crippen LogP contribution in [0, 0.1) is 11.3 Å². The summed E-state index contributed by atoms with van der Waals surface area (Å²) in [4.78, 5) is 0. The van der Waals surface area contributed by atoms with Crippen LogP contribution in [0.3, 0.4) is 0 Å². The van der Waals surface area contributed by atoms with Crippen LogP contribution in [0.25, 0.3) is 0 Å². The van der Waals surface area contributed by atoms with Crippen LogP contribution in [0.2, 0.25) is 0 Å². The molecule has 2 heteroatoms. The summed E-state index contributed by atoms with van der Waals surface area (Å²) in [5.74, 6) is 1.69. The molecule has 1 fully saturated rings. The highest BCUT2D eigenvalue weighted by Crippen LogP contribution is 2.47. The number of furan rings is 1. The second kappa shape index (κ2) is 3.18. The molecule has 1 unspecified atom stereocenters. The molecule has 2 rings (SSSR count). The summed E-state index contributed by atoms with van der Waals surface area (Å²) < 4.78 is 5.30. The van der Waals surface area contributed by atoms with Crippen molar-refractivity contribution in [2.45, 2.75) is 26.2 Å². The van der Waals surface area contributed by atoms with Crippen LogP contribution < -0.4 is 0 Å². The Morgan fingerprint density at radius 1 is 1.62 bits per heavy atom. The zero-order chi connectivity index (χ0) is 9.31. The summed E-state index contributed by atoms with van der Waals surface area (Å²) in [7, 11) is 0. The number of hydrogen-bond donors (Lipinski definition) is 1. The predicted molar refractivity (Wildman–Crippen MR) is 50.3 cm³/mol. The summed E-state index contributed by atoms with van der Waals surface area (Å²) in [5.41, 5.74) is 0.0395. The van der Waals surface area contributed by atoms with Crippen molar-refractivity contribution in [2.75, 3.05) is 6.61 Å². The number of rotatable bonds is 4. The van der Waals surface area contributed by atoms with Crippen LogP contribution in [-0.2, 0) is 6.42 Å². The van der Waals surface area contributed by atoms with Crippen molar-refractivity contribution in [1.82, 2.24) is 0 Å². The molecule has 1 N–H and O–H groups in total. The number of aliphatic hydroxyl groups is 1. The first-order valence-corrected chi connectivity index (χ1v) is 4.88. The standard InChI is InChI=1S/C11H16O2/c1-11(8-12,9-4-5-9)7-10-3-2-6-13-10/h2-3,6,9,12H,4-5,7-8H2,1H3. The topological polar surface area (TPSA) is 33.4 Å². The summed E-state index contributed by atoms with van der Waals surface area (Å²) in [5, 5.41) is 9.35. The summed E-state index contributed by atoms with van der Waals surface area (Å²) in [6.07, 6.45) is 5.08. The van der Waals surface area contributed by atoms with Gasteiger partial charge in [-0.25, -0.2) is 0 Å². The molecule has 0 saturated heterocycles. The first kappa shape index (κ1) is 8.82. The second-order valence-corrected chi connectivity index (χ2v) is 4.34. The molecule has 13 heavy (non-hydrogen) atoms. The van der Waals surface area contributed by atoms with Crippen LogP contribution in [0.4, 0.5) is 0 Å². The Labute approximate surface area is 78.6 Å². The lowest BCUT2D eigenvalue weighted by Gasteiger charge is -2.25. The third-order valence-corrected chi connectivity index (χ3v) is 3.08. The van der Waals surface area contributed by atoms with E-state index in [1.807, 2.05) is 12.1 Å². The van der Waals surface area contributed by atoms with Crippen LogP contribution in [0.1, 0.15) is 25.5 Å². The van der Waals surface area contributed by atoms with Gasteiger partial charge in [0.05, 0.1) is 6.26 Å². The Morgan fingerprint density at radius 2 is 2.38 bits per heavy atom. The fraction of sp³-hybridized carbons (Fsp3) is 0.636. The van der Waals surface area contributed by atoms with Gasteiger partial charge in [0.25, 0.3) is 0 Å². The molecule has 72 valence electrons. The maximum Gasteiger partial charge on any atom is 0.104 e. The molecular weight excluding hydrogens is 164 g/mol.